The van der Waals surface area contributed by atoms with Gasteiger partial charge in [-0.1, -0.05) is 36.4 Å². The maximum absolute atomic E-state index is 8.12. The maximum atomic E-state index is 8.12. The van der Waals surface area contributed by atoms with Crippen LogP contribution < -0.4 is 15.2 Å². The molecule has 0 radical (unpaired) electrons. The molecule has 3 aromatic carbocycles. The van der Waals surface area contributed by atoms with Gasteiger partial charge in [0.25, 0.3) is 0 Å². The van der Waals surface area contributed by atoms with Crippen LogP contribution in [0.15, 0.2) is 53.5 Å². The van der Waals surface area contributed by atoms with Gasteiger partial charge in [-0.25, -0.2) is 4.99 Å². The van der Waals surface area contributed by atoms with E-state index in [0.29, 0.717) is 28.5 Å². The summed E-state index contributed by atoms with van der Waals surface area (Å²) in [5, 5.41) is 8.12. The average Bonchev–Trinajstić information content (AvgIpc) is 2.94. The van der Waals surface area contributed by atoms with Crippen LogP contribution in [0.2, 0.25) is 0 Å². The van der Waals surface area contributed by atoms with Crippen molar-refractivity contribution in [2.45, 2.75) is 27.7 Å². The molecule has 3 N–H and O–H groups in total. The Labute approximate surface area is 170 Å². The molecule has 0 spiro atoms. The van der Waals surface area contributed by atoms with Crippen molar-refractivity contribution in [3.05, 3.63) is 81.9 Å². The van der Waals surface area contributed by atoms with Crippen LogP contribution in [0, 0.1) is 33.1 Å². The number of nitrogens with one attached hydrogen (secondary N) is 1. The van der Waals surface area contributed by atoms with Crippen molar-refractivity contribution in [1.29, 1.82) is 5.41 Å². The summed E-state index contributed by atoms with van der Waals surface area (Å²) >= 11 is 0. The summed E-state index contributed by atoms with van der Waals surface area (Å²) in [7, 11) is 0. The predicted molar refractivity (Wildman–Crippen MR) is 116 cm³/mol. The Morgan fingerprint density at radius 2 is 1.14 bits per heavy atom. The van der Waals surface area contributed by atoms with Gasteiger partial charge in [0.05, 0.1) is 0 Å². The number of benzene rings is 3. The molecule has 0 unspecified atom stereocenters. The first-order valence-electron chi connectivity index (χ1n) is 9.45. The Morgan fingerprint density at radius 1 is 0.724 bits per heavy atom. The lowest BCUT2D eigenvalue weighted by Gasteiger charge is -2.18. The molecule has 0 bridgehead atoms. The molecule has 4 rings (SSSR count). The van der Waals surface area contributed by atoms with Crippen LogP contribution in [-0.2, 0) is 0 Å². The normalized spacial score (nSPS) is 12.6. The summed E-state index contributed by atoms with van der Waals surface area (Å²) in [6.07, 6.45) is 0. The van der Waals surface area contributed by atoms with Crippen molar-refractivity contribution in [2.75, 3.05) is 0 Å². The van der Waals surface area contributed by atoms with Gasteiger partial charge in [-0.2, -0.15) is 0 Å². The summed E-state index contributed by atoms with van der Waals surface area (Å²) < 4.78 is 12.6. The molecule has 0 saturated carbocycles. The highest BCUT2D eigenvalue weighted by atomic mass is 16.5. The minimum Gasteiger partial charge on any atom is -0.453 e. The van der Waals surface area contributed by atoms with Gasteiger partial charge >= 0.3 is 0 Å². The number of aliphatic imine (C=N–C) groups is 1. The SMILES string of the molecule is Cc1cccc(C)c1Oc1cc2c(cc1Oc1c(C)cccc1C)C(N)=NC2=N. The summed E-state index contributed by atoms with van der Waals surface area (Å²) in [4.78, 5) is 4.09. The van der Waals surface area contributed by atoms with E-state index in [0.717, 1.165) is 33.8 Å². The van der Waals surface area contributed by atoms with Gasteiger partial charge in [0.1, 0.15) is 17.3 Å². The second-order valence-electron chi connectivity index (χ2n) is 7.34. The minimum atomic E-state index is 0.127. The van der Waals surface area contributed by atoms with Gasteiger partial charge in [-0.3, -0.25) is 5.41 Å². The number of hydrogen-bond acceptors (Lipinski definition) is 4. The average molecular weight is 385 g/mol. The van der Waals surface area contributed by atoms with Gasteiger partial charge < -0.3 is 15.2 Å². The monoisotopic (exact) mass is 385 g/mol. The van der Waals surface area contributed by atoms with Gasteiger partial charge in [-0.15, -0.1) is 0 Å². The van der Waals surface area contributed by atoms with E-state index in [9.17, 15) is 0 Å². The molecule has 0 amide bonds. The van der Waals surface area contributed by atoms with Crippen molar-refractivity contribution in [2.24, 2.45) is 10.7 Å². The Kier molecular flexibility index (Phi) is 4.59. The van der Waals surface area contributed by atoms with E-state index in [2.05, 4.69) is 4.99 Å². The molecule has 1 aliphatic rings. The number of nitrogens with zero attached hydrogens (tertiary/aromatic N) is 1. The zero-order valence-electron chi connectivity index (χ0n) is 17.0. The van der Waals surface area contributed by atoms with E-state index in [4.69, 9.17) is 20.6 Å². The van der Waals surface area contributed by atoms with Crippen LogP contribution in [0.4, 0.5) is 0 Å². The first-order valence-corrected chi connectivity index (χ1v) is 9.45. The van der Waals surface area contributed by atoms with Crippen LogP contribution in [-0.4, -0.2) is 11.7 Å². The highest BCUT2D eigenvalue weighted by molar-refractivity contribution is 6.21. The number of hydrogen-bond donors (Lipinski definition) is 2. The van der Waals surface area contributed by atoms with Crippen LogP contribution >= 0.6 is 0 Å². The lowest BCUT2D eigenvalue weighted by atomic mass is 10.1. The predicted octanol–water partition coefficient (Wildman–Crippen LogP) is 5.55. The van der Waals surface area contributed by atoms with Crippen molar-refractivity contribution >= 4 is 11.7 Å². The fraction of sp³-hybridized carbons (Fsp3) is 0.167. The number of nitrogens with two attached hydrogens (primary N) is 1. The van der Waals surface area contributed by atoms with E-state index in [1.54, 1.807) is 6.07 Å². The Hall–Kier alpha value is -3.60. The summed E-state index contributed by atoms with van der Waals surface area (Å²) in [6, 6.07) is 15.6. The fourth-order valence-corrected chi connectivity index (χ4v) is 3.51. The quantitative estimate of drug-likeness (QED) is 0.618. The molecule has 3 aromatic rings. The van der Waals surface area contributed by atoms with Crippen molar-refractivity contribution in [1.82, 2.24) is 0 Å². The standard InChI is InChI=1S/C24H23N3O2/c1-13-7-5-8-14(2)21(13)28-19-11-17-18(24(26)27-23(17)25)12-20(19)29-22-15(3)9-6-10-16(22)4/h5-12H,1-4H3,(H3,25,26,27). The van der Waals surface area contributed by atoms with Gasteiger partial charge in [0.15, 0.2) is 17.3 Å². The lowest BCUT2D eigenvalue weighted by molar-refractivity contribution is 0.412. The van der Waals surface area contributed by atoms with E-state index >= 15 is 0 Å². The second-order valence-corrected chi connectivity index (χ2v) is 7.34. The first kappa shape index (κ1) is 18.7. The van der Waals surface area contributed by atoms with Crippen molar-refractivity contribution < 1.29 is 9.47 Å². The molecular weight excluding hydrogens is 362 g/mol. The number of amidine groups is 2. The Morgan fingerprint density at radius 3 is 1.59 bits per heavy atom. The topological polar surface area (TPSA) is 80.7 Å². The molecule has 0 aromatic heterocycles. The number of aryl methyl sites for hydroxylation is 4. The molecule has 1 heterocycles. The molecule has 29 heavy (non-hydrogen) atoms. The molecule has 146 valence electrons. The van der Waals surface area contributed by atoms with Gasteiger partial charge in [-0.05, 0) is 62.1 Å². The third kappa shape index (κ3) is 3.36. The Bertz CT molecular complexity index is 1140. The fourth-order valence-electron chi connectivity index (χ4n) is 3.51. The van der Waals surface area contributed by atoms with Crippen LogP contribution in [0.1, 0.15) is 33.4 Å². The van der Waals surface area contributed by atoms with Crippen molar-refractivity contribution in [3.8, 4) is 23.0 Å². The van der Waals surface area contributed by atoms with E-state index in [-0.39, 0.29) is 5.84 Å². The lowest BCUT2D eigenvalue weighted by Crippen LogP contribution is -2.10. The Balaban J connectivity index is 1.86. The highest BCUT2D eigenvalue weighted by Gasteiger charge is 2.24. The molecule has 0 fully saturated rings. The molecule has 0 aliphatic carbocycles. The molecule has 0 atom stereocenters. The third-order valence-corrected chi connectivity index (χ3v) is 5.09. The second kappa shape index (κ2) is 7.09. The van der Waals surface area contributed by atoms with E-state index in [1.807, 2.05) is 70.2 Å². The summed E-state index contributed by atoms with van der Waals surface area (Å²) in [5.74, 6) is 3.06. The molecule has 5 nitrogen and oxygen atoms in total. The highest BCUT2D eigenvalue weighted by Crippen LogP contribution is 2.41. The molecular formula is C24H23N3O2. The van der Waals surface area contributed by atoms with Crippen molar-refractivity contribution in [3.63, 3.8) is 0 Å². The number of para-hydroxylation sites is 2. The van der Waals surface area contributed by atoms with Gasteiger partial charge in [0.2, 0.25) is 0 Å². The smallest absolute Gasteiger partial charge is 0.170 e. The van der Waals surface area contributed by atoms with Crippen LogP contribution in [0.25, 0.3) is 0 Å². The summed E-state index contributed by atoms with van der Waals surface area (Å²) in [5.41, 5.74) is 11.4. The molecule has 5 heteroatoms. The van der Waals surface area contributed by atoms with Crippen LogP contribution in [0.5, 0.6) is 23.0 Å². The molecule has 1 aliphatic heterocycles. The number of rotatable bonds is 4. The molecule has 0 saturated heterocycles. The van der Waals surface area contributed by atoms with Gasteiger partial charge in [0, 0.05) is 11.1 Å². The maximum Gasteiger partial charge on any atom is 0.170 e. The number of ether oxygens (including phenoxy) is 2. The van der Waals surface area contributed by atoms with E-state index in [1.165, 1.54) is 0 Å². The minimum absolute atomic E-state index is 0.127. The first-order chi connectivity index (χ1) is 13.8. The zero-order valence-corrected chi connectivity index (χ0v) is 17.0. The summed E-state index contributed by atoms with van der Waals surface area (Å²) in [6.45, 7) is 8.02. The van der Waals surface area contributed by atoms with E-state index < -0.39 is 0 Å². The third-order valence-electron chi connectivity index (χ3n) is 5.09. The zero-order chi connectivity index (χ0) is 20.7. The number of fused-ring (bicyclic) bond motifs is 1. The largest absolute Gasteiger partial charge is 0.453 e. The van der Waals surface area contributed by atoms with Crippen LogP contribution in [0.3, 0.4) is 0 Å².